The highest BCUT2D eigenvalue weighted by Gasteiger charge is 2.55. The minimum Gasteiger partial charge on any atom is -0.446 e. The number of amides is 1. The molecule has 2 heterocycles. The second-order valence-corrected chi connectivity index (χ2v) is 12.2. The number of hydrogen-bond donors (Lipinski definition) is 3. The Kier molecular flexibility index (Phi) is 10.8. The first kappa shape index (κ1) is 36.3. The number of halogens is 3. The zero-order chi connectivity index (χ0) is 37.0. The Morgan fingerprint density at radius 3 is 2.37 bits per heavy atom. The van der Waals surface area contributed by atoms with E-state index < -0.39 is 70.9 Å². The molecule has 15 heteroatoms. The second-order valence-electron chi connectivity index (χ2n) is 12.2. The average molecular weight is 718 g/mol. The summed E-state index contributed by atoms with van der Waals surface area (Å²) >= 11 is 0. The van der Waals surface area contributed by atoms with Gasteiger partial charge in [0, 0.05) is 46.3 Å². The number of para-hydroxylation sites is 1. The van der Waals surface area contributed by atoms with Crippen molar-refractivity contribution in [2.75, 3.05) is 11.4 Å². The van der Waals surface area contributed by atoms with Gasteiger partial charge in [-0.2, -0.15) is 0 Å². The maximum absolute atomic E-state index is 15.0. The normalized spacial score (nSPS) is 19.0. The molecule has 0 spiro atoms. The van der Waals surface area contributed by atoms with Crippen molar-refractivity contribution in [1.29, 1.82) is 0 Å². The van der Waals surface area contributed by atoms with Gasteiger partial charge < -0.3 is 14.4 Å². The number of allylic oxidation sites excluding steroid dienone is 3. The topological polar surface area (TPSA) is 147 Å². The number of nitrogens with one attached hydrogen (secondary N) is 1. The molecule has 0 saturated carbocycles. The van der Waals surface area contributed by atoms with Crippen LogP contribution in [0.3, 0.4) is 0 Å². The van der Waals surface area contributed by atoms with E-state index in [4.69, 9.17) is 19.9 Å². The number of esters is 1. The standard InChI is InChI=1S/C37H34F3N5O7/c1-22-16-23(2)43-36(42-22)52-34(35(47)51-27-14-12-24(13-15-27)21-50-45(48)49)37(25-8-4-3-5-9-25)29-10-6-7-11-32(29)44(33(46)19-41-37)20-28-30(39)17-26(38)18-31(28)40/h3-8,10-18,25,34,41,48-49H,9,19-21H2,1-2H3/t25?,34-,37+/m1/s1. The maximum Gasteiger partial charge on any atom is 0.355 e. The van der Waals surface area contributed by atoms with Crippen LogP contribution in [-0.4, -0.2) is 50.3 Å². The lowest BCUT2D eigenvalue weighted by molar-refractivity contribution is -0.497. The minimum atomic E-state index is -1.60. The van der Waals surface area contributed by atoms with Crippen LogP contribution in [0, 0.1) is 37.2 Å². The third-order valence-corrected chi connectivity index (χ3v) is 8.76. The number of anilines is 1. The van der Waals surface area contributed by atoms with E-state index >= 15 is 0 Å². The molecule has 0 saturated heterocycles. The maximum atomic E-state index is 15.0. The first-order valence-electron chi connectivity index (χ1n) is 16.2. The van der Waals surface area contributed by atoms with Crippen molar-refractivity contribution < 1.29 is 47.5 Å². The highest BCUT2D eigenvalue weighted by Crippen LogP contribution is 2.45. The molecule has 0 radical (unpaired) electrons. The van der Waals surface area contributed by atoms with Gasteiger partial charge in [0.1, 0.15) is 28.7 Å². The summed E-state index contributed by atoms with van der Waals surface area (Å²) in [6.07, 6.45) is 6.16. The fraction of sp³-hybridized carbons (Fsp3) is 0.243. The van der Waals surface area contributed by atoms with Crippen LogP contribution >= 0.6 is 0 Å². The van der Waals surface area contributed by atoms with Crippen molar-refractivity contribution in [1.82, 2.24) is 20.7 Å². The predicted octanol–water partition coefficient (Wildman–Crippen LogP) is 5.54. The Balaban J connectivity index is 1.49. The molecule has 1 aliphatic heterocycles. The van der Waals surface area contributed by atoms with Gasteiger partial charge in [0.25, 0.3) is 0 Å². The van der Waals surface area contributed by atoms with E-state index in [9.17, 15) is 22.8 Å². The van der Waals surface area contributed by atoms with Crippen molar-refractivity contribution >= 4 is 17.6 Å². The molecule has 270 valence electrons. The smallest absolute Gasteiger partial charge is 0.355 e. The lowest BCUT2D eigenvalue weighted by Crippen LogP contribution is -2.62. The molecule has 0 bridgehead atoms. The molecule has 3 aromatic carbocycles. The lowest BCUT2D eigenvalue weighted by Gasteiger charge is -2.44. The predicted molar refractivity (Wildman–Crippen MR) is 178 cm³/mol. The summed E-state index contributed by atoms with van der Waals surface area (Å²) < 4.78 is 56.2. The molecule has 52 heavy (non-hydrogen) atoms. The Morgan fingerprint density at radius 2 is 1.71 bits per heavy atom. The summed E-state index contributed by atoms with van der Waals surface area (Å²) in [7, 11) is 0. The summed E-state index contributed by atoms with van der Waals surface area (Å²) in [6.45, 7) is 2.28. The van der Waals surface area contributed by atoms with Crippen molar-refractivity contribution in [2.45, 2.75) is 45.1 Å². The lowest BCUT2D eigenvalue weighted by atomic mass is 9.70. The number of fused-ring (bicyclic) bond motifs is 1. The number of aryl methyl sites for hydroxylation is 2. The van der Waals surface area contributed by atoms with Gasteiger partial charge >= 0.3 is 12.0 Å². The van der Waals surface area contributed by atoms with Crippen LogP contribution in [-0.2, 0) is 33.1 Å². The fourth-order valence-corrected chi connectivity index (χ4v) is 6.47. The molecule has 0 fully saturated rings. The van der Waals surface area contributed by atoms with Crippen LogP contribution in [0.15, 0.2) is 91.0 Å². The van der Waals surface area contributed by atoms with E-state index in [1.165, 1.54) is 17.0 Å². The third kappa shape index (κ3) is 7.73. The van der Waals surface area contributed by atoms with Gasteiger partial charge in [-0.05, 0) is 50.1 Å². The fourth-order valence-electron chi connectivity index (χ4n) is 6.47. The second kappa shape index (κ2) is 15.4. The number of carbonyl (C=O) groups is 2. The van der Waals surface area contributed by atoms with Gasteiger partial charge in [0.05, 0.1) is 25.1 Å². The van der Waals surface area contributed by atoms with Gasteiger partial charge in [-0.25, -0.2) is 32.8 Å². The van der Waals surface area contributed by atoms with E-state index in [0.29, 0.717) is 41.1 Å². The van der Waals surface area contributed by atoms with Crippen LogP contribution < -0.4 is 19.7 Å². The first-order valence-corrected chi connectivity index (χ1v) is 16.2. The van der Waals surface area contributed by atoms with E-state index in [1.54, 1.807) is 62.4 Å². The summed E-state index contributed by atoms with van der Waals surface area (Å²) in [5.41, 5.74) is 0.109. The molecule has 1 aromatic heterocycles. The highest BCUT2D eigenvalue weighted by molar-refractivity contribution is 5.97. The molecule has 4 aromatic rings. The molecular weight excluding hydrogens is 683 g/mol. The van der Waals surface area contributed by atoms with Crippen LogP contribution in [0.1, 0.15) is 34.5 Å². The quantitative estimate of drug-likeness (QED) is 0.102. The molecule has 12 nitrogen and oxygen atoms in total. The van der Waals surface area contributed by atoms with Crippen molar-refractivity contribution in [3.8, 4) is 11.8 Å². The Hall–Kier alpha value is -5.45. The van der Waals surface area contributed by atoms with Crippen molar-refractivity contribution in [2.24, 2.45) is 5.92 Å². The van der Waals surface area contributed by atoms with E-state index in [2.05, 4.69) is 20.1 Å². The Bertz CT molecular complexity index is 1980. The van der Waals surface area contributed by atoms with Gasteiger partial charge in [0.15, 0.2) is 0 Å². The third-order valence-electron chi connectivity index (χ3n) is 8.76. The number of nitrogens with zero attached hydrogens (tertiary/aromatic N) is 4. The molecule has 1 unspecified atom stereocenters. The molecule has 6 rings (SSSR count). The number of carbonyl (C=O) groups excluding carboxylic acids is 2. The summed E-state index contributed by atoms with van der Waals surface area (Å²) in [6, 6.07) is 15.3. The monoisotopic (exact) mass is 717 g/mol. The molecule has 3 atom stereocenters. The Labute approximate surface area is 296 Å². The van der Waals surface area contributed by atoms with Crippen molar-refractivity contribution in [3.63, 3.8) is 0 Å². The van der Waals surface area contributed by atoms with E-state index in [-0.39, 0.29) is 24.1 Å². The number of ether oxygens (including phenoxy) is 2. The summed E-state index contributed by atoms with van der Waals surface area (Å²) in [5.74, 6) is -5.39. The average Bonchev–Trinajstić information content (AvgIpc) is 3.22. The van der Waals surface area contributed by atoms with Crippen LogP contribution in [0.2, 0.25) is 0 Å². The number of rotatable bonds is 11. The highest BCUT2D eigenvalue weighted by atomic mass is 19.1. The van der Waals surface area contributed by atoms with Gasteiger partial charge in [-0.1, -0.05) is 54.6 Å². The van der Waals surface area contributed by atoms with E-state index in [1.807, 2.05) is 18.2 Å². The number of aromatic nitrogens is 2. The number of benzene rings is 3. The SMILES string of the molecule is Cc1cc(C)nc(O[C@H](C(=O)Oc2ccc(CON(O)O)cc2)[C@@]2(C3C=CC=CC3)NCC(=O)N(Cc3c(F)cc(F)cc3F)c3ccccc32)n1. The summed E-state index contributed by atoms with van der Waals surface area (Å²) in [4.78, 5) is 43.3. The zero-order valence-electron chi connectivity index (χ0n) is 28.0. The van der Waals surface area contributed by atoms with Crippen molar-refractivity contribution in [3.05, 3.63) is 137 Å². The van der Waals surface area contributed by atoms with Gasteiger partial charge in [-0.3, -0.25) is 20.5 Å². The van der Waals surface area contributed by atoms with Crippen LogP contribution in [0.4, 0.5) is 18.9 Å². The molecule has 1 amide bonds. The summed E-state index contributed by atoms with van der Waals surface area (Å²) in [5, 5.41) is 20.6. The van der Waals surface area contributed by atoms with E-state index in [0.717, 1.165) is 0 Å². The van der Waals surface area contributed by atoms with Crippen LogP contribution in [0.25, 0.3) is 0 Å². The number of hydrogen-bond acceptors (Lipinski definition) is 11. The molecule has 1 aliphatic carbocycles. The van der Waals surface area contributed by atoms with Gasteiger partial charge in [0.2, 0.25) is 12.0 Å². The van der Waals surface area contributed by atoms with Gasteiger partial charge in [-0.15, -0.1) is 0 Å². The molecule has 3 N–H and O–H groups in total. The zero-order valence-corrected chi connectivity index (χ0v) is 28.0. The Morgan fingerprint density at radius 1 is 1.02 bits per heavy atom. The van der Waals surface area contributed by atoms with Crippen LogP contribution in [0.5, 0.6) is 11.8 Å². The minimum absolute atomic E-state index is 0.102. The largest absolute Gasteiger partial charge is 0.446 e. The first-order chi connectivity index (χ1) is 24.9. The molecular formula is C37H34F3N5O7. The molecule has 2 aliphatic rings.